The van der Waals surface area contributed by atoms with Gasteiger partial charge in [0, 0.05) is 6.04 Å². The predicted octanol–water partition coefficient (Wildman–Crippen LogP) is 2.32. The lowest BCUT2D eigenvalue weighted by Crippen LogP contribution is -2.35. The first kappa shape index (κ1) is 14.1. The molecule has 0 aliphatic carbocycles. The van der Waals surface area contributed by atoms with Crippen LogP contribution in [-0.4, -0.2) is 19.6 Å². The van der Waals surface area contributed by atoms with E-state index in [-0.39, 0.29) is 17.5 Å². The summed E-state index contributed by atoms with van der Waals surface area (Å²) in [6.07, 6.45) is 0.717. The van der Waals surface area contributed by atoms with Gasteiger partial charge in [-0.05, 0) is 42.7 Å². The molecule has 0 amide bonds. The Morgan fingerprint density at radius 3 is 2.71 bits per heavy atom. The van der Waals surface area contributed by atoms with Gasteiger partial charge >= 0.3 is 0 Å². The second-order valence-electron chi connectivity index (χ2n) is 5.29. The van der Waals surface area contributed by atoms with Crippen LogP contribution in [0.1, 0.15) is 18.1 Å². The van der Waals surface area contributed by atoms with Crippen molar-refractivity contribution in [3.8, 4) is 0 Å². The van der Waals surface area contributed by atoms with Crippen LogP contribution in [0.3, 0.4) is 0 Å². The Morgan fingerprint density at radius 1 is 1.19 bits per heavy atom. The van der Waals surface area contributed by atoms with E-state index in [2.05, 4.69) is 0 Å². The van der Waals surface area contributed by atoms with Gasteiger partial charge in [0.25, 0.3) is 10.0 Å². The van der Waals surface area contributed by atoms with Crippen molar-refractivity contribution in [2.24, 2.45) is 0 Å². The number of nitrogens with zero attached hydrogens (tertiary/aromatic N) is 1. The summed E-state index contributed by atoms with van der Waals surface area (Å²) in [5.41, 5.74) is 2.39. The van der Waals surface area contributed by atoms with Crippen molar-refractivity contribution in [1.82, 2.24) is 0 Å². The molecule has 3 rings (SSSR count). The minimum atomic E-state index is -3.61. The molecule has 5 heteroatoms. The SMILES string of the molecule is CC1Cc2ccccc2N1S(=O)(=O)c1cccc(CO)c1. The van der Waals surface area contributed by atoms with E-state index in [0.29, 0.717) is 5.56 Å². The van der Waals surface area contributed by atoms with Crippen molar-refractivity contribution in [2.75, 3.05) is 4.31 Å². The largest absolute Gasteiger partial charge is 0.392 e. The first-order chi connectivity index (χ1) is 10.0. The molecule has 110 valence electrons. The molecule has 0 bridgehead atoms. The van der Waals surface area contributed by atoms with Crippen LogP contribution in [0.2, 0.25) is 0 Å². The van der Waals surface area contributed by atoms with Crippen LogP contribution in [-0.2, 0) is 23.1 Å². The zero-order valence-corrected chi connectivity index (χ0v) is 12.5. The summed E-state index contributed by atoms with van der Waals surface area (Å²) in [5.74, 6) is 0. The number of aliphatic hydroxyl groups is 1. The lowest BCUT2D eigenvalue weighted by atomic mass is 10.1. The second-order valence-corrected chi connectivity index (χ2v) is 7.10. The number of benzene rings is 2. The molecule has 2 aromatic carbocycles. The Hall–Kier alpha value is -1.85. The van der Waals surface area contributed by atoms with Crippen LogP contribution in [0, 0.1) is 0 Å². The Morgan fingerprint density at radius 2 is 1.95 bits per heavy atom. The molecule has 1 aliphatic rings. The summed E-state index contributed by atoms with van der Waals surface area (Å²) < 4.78 is 27.3. The van der Waals surface area contributed by atoms with Crippen LogP contribution in [0.25, 0.3) is 0 Å². The Kier molecular flexibility index (Phi) is 3.47. The molecule has 1 atom stereocenters. The molecule has 1 heterocycles. The third-order valence-electron chi connectivity index (χ3n) is 3.78. The molecule has 0 radical (unpaired) electrons. The Labute approximate surface area is 124 Å². The van der Waals surface area contributed by atoms with Gasteiger partial charge < -0.3 is 5.11 Å². The molecule has 0 saturated heterocycles. The quantitative estimate of drug-likeness (QED) is 0.946. The number of anilines is 1. The molecular formula is C16H17NO3S. The van der Waals surface area contributed by atoms with E-state index >= 15 is 0 Å². The van der Waals surface area contributed by atoms with E-state index < -0.39 is 10.0 Å². The molecule has 0 aromatic heterocycles. The predicted molar refractivity (Wildman–Crippen MR) is 81.6 cm³/mol. The third-order valence-corrected chi connectivity index (χ3v) is 5.71. The van der Waals surface area contributed by atoms with Gasteiger partial charge in [-0.1, -0.05) is 30.3 Å². The van der Waals surface area contributed by atoms with Crippen LogP contribution in [0.15, 0.2) is 53.4 Å². The fourth-order valence-electron chi connectivity index (χ4n) is 2.82. The molecule has 1 unspecified atom stereocenters. The second kappa shape index (κ2) is 5.16. The minimum absolute atomic E-state index is 0.106. The van der Waals surface area contributed by atoms with Crippen molar-refractivity contribution in [3.63, 3.8) is 0 Å². The van der Waals surface area contributed by atoms with Gasteiger partial charge in [-0.25, -0.2) is 8.42 Å². The van der Waals surface area contributed by atoms with Crippen LogP contribution in [0.4, 0.5) is 5.69 Å². The minimum Gasteiger partial charge on any atom is -0.392 e. The van der Waals surface area contributed by atoms with E-state index in [1.54, 1.807) is 18.2 Å². The highest BCUT2D eigenvalue weighted by Crippen LogP contribution is 2.36. The topological polar surface area (TPSA) is 57.6 Å². The maximum absolute atomic E-state index is 12.9. The van der Waals surface area contributed by atoms with Crippen molar-refractivity contribution in [3.05, 3.63) is 59.7 Å². The Balaban J connectivity index is 2.10. The average Bonchev–Trinajstić information content (AvgIpc) is 2.83. The fraction of sp³-hybridized carbons (Fsp3) is 0.250. The van der Waals surface area contributed by atoms with E-state index in [1.165, 1.54) is 10.4 Å². The van der Waals surface area contributed by atoms with E-state index in [4.69, 9.17) is 0 Å². The van der Waals surface area contributed by atoms with Gasteiger partial charge in [0.2, 0.25) is 0 Å². The summed E-state index contributed by atoms with van der Waals surface area (Å²) in [5, 5.41) is 9.19. The normalized spacial score (nSPS) is 17.8. The molecule has 0 fully saturated rings. The first-order valence-corrected chi connectivity index (χ1v) is 8.30. The van der Waals surface area contributed by atoms with Gasteiger partial charge in [0.05, 0.1) is 17.2 Å². The number of para-hydroxylation sites is 1. The van der Waals surface area contributed by atoms with Gasteiger partial charge in [-0.2, -0.15) is 0 Å². The molecule has 2 aromatic rings. The maximum Gasteiger partial charge on any atom is 0.264 e. The molecule has 0 saturated carbocycles. The average molecular weight is 303 g/mol. The Bertz CT molecular complexity index is 771. The zero-order chi connectivity index (χ0) is 15.0. The zero-order valence-electron chi connectivity index (χ0n) is 11.7. The standard InChI is InChI=1S/C16H17NO3S/c1-12-9-14-6-2-3-8-16(14)17(12)21(19,20)15-7-4-5-13(10-15)11-18/h2-8,10,12,18H,9,11H2,1H3. The van der Waals surface area contributed by atoms with Crippen molar-refractivity contribution in [2.45, 2.75) is 30.9 Å². The van der Waals surface area contributed by atoms with Gasteiger partial charge in [-0.3, -0.25) is 4.31 Å². The smallest absolute Gasteiger partial charge is 0.264 e. The highest BCUT2D eigenvalue weighted by atomic mass is 32.2. The van der Waals surface area contributed by atoms with Crippen LogP contribution in [0.5, 0.6) is 0 Å². The van der Waals surface area contributed by atoms with E-state index in [9.17, 15) is 13.5 Å². The fourth-order valence-corrected chi connectivity index (χ4v) is 4.58. The van der Waals surface area contributed by atoms with Crippen molar-refractivity contribution >= 4 is 15.7 Å². The number of rotatable bonds is 3. The molecule has 0 spiro atoms. The maximum atomic E-state index is 12.9. The monoisotopic (exact) mass is 303 g/mol. The number of aliphatic hydroxyl groups excluding tert-OH is 1. The van der Waals surface area contributed by atoms with E-state index in [1.807, 2.05) is 31.2 Å². The highest BCUT2D eigenvalue weighted by molar-refractivity contribution is 7.92. The lowest BCUT2D eigenvalue weighted by Gasteiger charge is -2.24. The van der Waals surface area contributed by atoms with Crippen LogP contribution >= 0.6 is 0 Å². The molecular weight excluding hydrogens is 286 g/mol. The van der Waals surface area contributed by atoms with Crippen LogP contribution < -0.4 is 4.31 Å². The van der Waals surface area contributed by atoms with Gasteiger partial charge in [-0.15, -0.1) is 0 Å². The van der Waals surface area contributed by atoms with E-state index in [0.717, 1.165) is 17.7 Å². The van der Waals surface area contributed by atoms with Gasteiger partial charge in [0.15, 0.2) is 0 Å². The molecule has 1 N–H and O–H groups in total. The van der Waals surface area contributed by atoms with Gasteiger partial charge in [0.1, 0.15) is 0 Å². The van der Waals surface area contributed by atoms with Crippen molar-refractivity contribution < 1.29 is 13.5 Å². The number of hydrogen-bond donors (Lipinski definition) is 1. The molecule has 4 nitrogen and oxygen atoms in total. The molecule has 1 aliphatic heterocycles. The lowest BCUT2D eigenvalue weighted by molar-refractivity contribution is 0.281. The molecule has 21 heavy (non-hydrogen) atoms. The number of hydrogen-bond acceptors (Lipinski definition) is 3. The number of sulfonamides is 1. The summed E-state index contributed by atoms with van der Waals surface area (Å²) >= 11 is 0. The highest BCUT2D eigenvalue weighted by Gasteiger charge is 2.35. The van der Waals surface area contributed by atoms with Crippen molar-refractivity contribution in [1.29, 1.82) is 0 Å². The summed E-state index contributed by atoms with van der Waals surface area (Å²) in [6.45, 7) is 1.74. The summed E-state index contributed by atoms with van der Waals surface area (Å²) in [7, 11) is -3.61. The summed E-state index contributed by atoms with van der Waals surface area (Å²) in [4.78, 5) is 0.220. The number of fused-ring (bicyclic) bond motifs is 1. The third kappa shape index (κ3) is 2.32. The first-order valence-electron chi connectivity index (χ1n) is 6.86. The summed E-state index contributed by atoms with van der Waals surface area (Å²) in [6, 6.07) is 13.9.